The Morgan fingerprint density at radius 2 is 1.89 bits per heavy atom. The van der Waals surface area contributed by atoms with Crippen LogP contribution in [0.3, 0.4) is 0 Å². The quantitative estimate of drug-likeness (QED) is 0.360. The summed E-state index contributed by atoms with van der Waals surface area (Å²) in [6.07, 6.45) is 10.6. The molecule has 2 N–H and O–H groups in total. The zero-order chi connectivity index (χ0) is 24.2. The summed E-state index contributed by atoms with van der Waals surface area (Å²) in [7, 11) is 2.22. The van der Waals surface area contributed by atoms with E-state index in [9.17, 15) is 0 Å². The highest BCUT2D eigenvalue weighted by molar-refractivity contribution is 6.12. The lowest BCUT2D eigenvalue weighted by atomic mass is 9.79. The van der Waals surface area contributed by atoms with Gasteiger partial charge in [0.1, 0.15) is 11.5 Å². The van der Waals surface area contributed by atoms with Crippen LogP contribution < -0.4 is 10.2 Å². The molecular formula is C29H31N7. The number of H-pyrrole nitrogens is 1. The van der Waals surface area contributed by atoms with E-state index in [4.69, 9.17) is 9.97 Å². The molecular weight excluding hydrogens is 446 g/mol. The van der Waals surface area contributed by atoms with Crippen LogP contribution in [0.25, 0.3) is 44.2 Å². The van der Waals surface area contributed by atoms with Crippen LogP contribution in [0.1, 0.15) is 44.1 Å². The Labute approximate surface area is 210 Å². The molecule has 2 atom stereocenters. The third-order valence-electron chi connectivity index (χ3n) is 8.37. The largest absolute Gasteiger partial charge is 0.356 e. The number of nitrogens with one attached hydrogen (secondary N) is 2. The van der Waals surface area contributed by atoms with E-state index < -0.39 is 0 Å². The number of hydrogen-bond donors (Lipinski definition) is 2. The topological polar surface area (TPSA) is 82.6 Å². The molecule has 5 heterocycles. The van der Waals surface area contributed by atoms with Crippen LogP contribution in [0.4, 0.5) is 5.82 Å². The summed E-state index contributed by atoms with van der Waals surface area (Å²) in [5.74, 6) is 2.85. The van der Waals surface area contributed by atoms with E-state index in [0.717, 1.165) is 64.2 Å². The standard InChI is InChI=1S/C29H31N7/c1-17-14-30-12-11-24(17)36(2)29-26-21(18-6-5-7-18)15-31-16-23(26)34-27(35-29)20-10-13-32-28-25(20)19-8-3-4-9-22(19)33-28/h3-4,8-10,13,15-18,24,30H,5-7,11-12,14H2,1-2H3,(H,32,33)/t17?,24-/m1/s1. The smallest absolute Gasteiger partial charge is 0.163 e. The Bertz CT molecular complexity index is 1590. The van der Waals surface area contributed by atoms with Gasteiger partial charge in [0.05, 0.1) is 11.7 Å². The number of benzene rings is 1. The molecule has 182 valence electrons. The summed E-state index contributed by atoms with van der Waals surface area (Å²) < 4.78 is 0. The van der Waals surface area contributed by atoms with Gasteiger partial charge in [-0.25, -0.2) is 15.0 Å². The number of nitrogens with zero attached hydrogens (tertiary/aromatic N) is 5. The number of aromatic amines is 1. The van der Waals surface area contributed by atoms with Crippen LogP contribution in [0, 0.1) is 5.92 Å². The third-order valence-corrected chi connectivity index (χ3v) is 8.37. The summed E-state index contributed by atoms with van der Waals surface area (Å²) in [6.45, 7) is 4.40. The van der Waals surface area contributed by atoms with Gasteiger partial charge in [0, 0.05) is 52.7 Å². The molecule has 7 nitrogen and oxygen atoms in total. The van der Waals surface area contributed by atoms with Crippen molar-refractivity contribution in [3.8, 4) is 11.4 Å². The average Bonchev–Trinajstić information content (AvgIpc) is 3.26. The van der Waals surface area contributed by atoms with Gasteiger partial charge in [-0.3, -0.25) is 4.98 Å². The zero-order valence-corrected chi connectivity index (χ0v) is 20.8. The van der Waals surface area contributed by atoms with Gasteiger partial charge in [-0.1, -0.05) is 31.5 Å². The number of pyridine rings is 2. The summed E-state index contributed by atoms with van der Waals surface area (Å²) in [4.78, 5) is 25.6. The van der Waals surface area contributed by atoms with Crippen LogP contribution in [0.2, 0.25) is 0 Å². The van der Waals surface area contributed by atoms with Gasteiger partial charge in [0.2, 0.25) is 0 Å². The number of fused-ring (bicyclic) bond motifs is 4. The molecule has 36 heavy (non-hydrogen) atoms. The zero-order valence-electron chi connectivity index (χ0n) is 20.8. The van der Waals surface area contributed by atoms with Gasteiger partial charge >= 0.3 is 0 Å². The van der Waals surface area contributed by atoms with Gasteiger partial charge in [-0.15, -0.1) is 0 Å². The molecule has 1 aliphatic carbocycles. The molecule has 4 aromatic heterocycles. The lowest BCUT2D eigenvalue weighted by molar-refractivity contribution is 0.339. The fourth-order valence-corrected chi connectivity index (χ4v) is 6.18. The second-order valence-corrected chi connectivity index (χ2v) is 10.5. The van der Waals surface area contributed by atoms with Crippen molar-refractivity contribution in [3.63, 3.8) is 0 Å². The normalized spacial score (nSPS) is 20.7. The highest BCUT2D eigenvalue weighted by Crippen LogP contribution is 2.43. The number of anilines is 1. The van der Waals surface area contributed by atoms with Crippen molar-refractivity contribution < 1.29 is 0 Å². The van der Waals surface area contributed by atoms with Crippen molar-refractivity contribution in [1.29, 1.82) is 0 Å². The number of piperidine rings is 1. The molecule has 2 fully saturated rings. The van der Waals surface area contributed by atoms with Gasteiger partial charge in [-0.2, -0.15) is 0 Å². The first kappa shape index (κ1) is 21.7. The molecule has 7 rings (SSSR count). The van der Waals surface area contributed by atoms with Gasteiger partial charge in [0.15, 0.2) is 5.82 Å². The van der Waals surface area contributed by atoms with Gasteiger partial charge in [0.25, 0.3) is 0 Å². The molecule has 0 amide bonds. The number of aromatic nitrogens is 5. The monoisotopic (exact) mass is 477 g/mol. The molecule has 1 unspecified atom stereocenters. The summed E-state index contributed by atoms with van der Waals surface area (Å²) in [6, 6.07) is 10.8. The van der Waals surface area contributed by atoms with Crippen LogP contribution in [0.5, 0.6) is 0 Å². The average molecular weight is 478 g/mol. The fourth-order valence-electron chi connectivity index (χ4n) is 6.18. The minimum atomic E-state index is 0.421. The highest BCUT2D eigenvalue weighted by atomic mass is 15.2. The fraction of sp³-hybridized carbons (Fsp3) is 0.379. The van der Waals surface area contributed by atoms with E-state index in [1.807, 2.05) is 24.5 Å². The Morgan fingerprint density at radius 1 is 1.00 bits per heavy atom. The molecule has 0 spiro atoms. The maximum absolute atomic E-state index is 5.34. The SMILES string of the molecule is CC1CNCC[C@H]1N(C)c1nc(-c2ccnc3[nH]c4ccccc4c23)nc2cncc(C3CCC3)c12. The minimum Gasteiger partial charge on any atom is -0.356 e. The molecule has 7 heteroatoms. The molecule has 1 aromatic carbocycles. The van der Waals surface area contributed by atoms with Gasteiger partial charge < -0.3 is 15.2 Å². The Hall–Kier alpha value is -3.58. The molecule has 2 aliphatic rings. The number of rotatable bonds is 4. The van der Waals surface area contributed by atoms with Gasteiger partial charge in [-0.05, 0) is 61.9 Å². The van der Waals surface area contributed by atoms with E-state index in [1.54, 1.807) is 0 Å². The summed E-state index contributed by atoms with van der Waals surface area (Å²) >= 11 is 0. The molecule has 0 bridgehead atoms. The predicted molar refractivity (Wildman–Crippen MR) is 145 cm³/mol. The van der Waals surface area contributed by atoms with E-state index in [0.29, 0.717) is 17.9 Å². The third kappa shape index (κ3) is 3.37. The number of hydrogen-bond acceptors (Lipinski definition) is 6. The molecule has 1 saturated carbocycles. The summed E-state index contributed by atoms with van der Waals surface area (Å²) in [5.41, 5.74) is 5.17. The summed E-state index contributed by atoms with van der Waals surface area (Å²) in [5, 5.41) is 6.93. The molecule has 1 aliphatic heterocycles. The van der Waals surface area contributed by atoms with Crippen LogP contribution in [0.15, 0.2) is 48.9 Å². The molecule has 0 radical (unpaired) electrons. The molecule has 1 saturated heterocycles. The maximum atomic E-state index is 5.34. The van der Waals surface area contributed by atoms with Crippen LogP contribution in [-0.4, -0.2) is 51.1 Å². The Kier molecular flexibility index (Phi) is 5.13. The second kappa shape index (κ2) is 8.52. The first-order valence-electron chi connectivity index (χ1n) is 13.1. The minimum absolute atomic E-state index is 0.421. The van der Waals surface area contributed by atoms with Crippen molar-refractivity contribution in [1.82, 2.24) is 30.2 Å². The Morgan fingerprint density at radius 3 is 2.72 bits per heavy atom. The highest BCUT2D eigenvalue weighted by Gasteiger charge is 2.30. The van der Waals surface area contributed by atoms with E-state index >= 15 is 0 Å². The Balaban J connectivity index is 1.48. The van der Waals surface area contributed by atoms with Crippen molar-refractivity contribution in [2.24, 2.45) is 5.92 Å². The van der Waals surface area contributed by atoms with Crippen LogP contribution >= 0.6 is 0 Å². The van der Waals surface area contributed by atoms with Crippen molar-refractivity contribution >= 4 is 38.7 Å². The first-order valence-corrected chi connectivity index (χ1v) is 13.1. The van der Waals surface area contributed by atoms with Crippen molar-refractivity contribution in [2.75, 3.05) is 25.0 Å². The lowest BCUT2D eigenvalue weighted by Crippen LogP contribution is -2.47. The van der Waals surface area contributed by atoms with Crippen molar-refractivity contribution in [2.45, 2.75) is 44.6 Å². The van der Waals surface area contributed by atoms with Crippen molar-refractivity contribution in [3.05, 3.63) is 54.5 Å². The van der Waals surface area contributed by atoms with E-state index in [1.165, 1.54) is 30.2 Å². The second-order valence-electron chi connectivity index (χ2n) is 10.5. The van der Waals surface area contributed by atoms with E-state index in [-0.39, 0.29) is 0 Å². The predicted octanol–water partition coefficient (Wildman–Crippen LogP) is 5.42. The van der Waals surface area contributed by atoms with E-state index in [2.05, 4.69) is 63.5 Å². The first-order chi connectivity index (χ1) is 17.7. The van der Waals surface area contributed by atoms with Crippen LogP contribution in [-0.2, 0) is 0 Å². The maximum Gasteiger partial charge on any atom is 0.163 e. The molecule has 5 aromatic rings. The number of para-hydroxylation sites is 1. The lowest BCUT2D eigenvalue weighted by Gasteiger charge is -2.38.